The van der Waals surface area contributed by atoms with Gasteiger partial charge in [0, 0.05) is 11.9 Å². The third-order valence-corrected chi connectivity index (χ3v) is 6.36. The molecule has 0 saturated heterocycles. The molecule has 0 aliphatic carbocycles. The lowest BCUT2D eigenvalue weighted by Crippen LogP contribution is -2.43. The third kappa shape index (κ3) is 9.12. The van der Waals surface area contributed by atoms with Crippen LogP contribution in [0.15, 0.2) is 103 Å². The molecule has 0 bridgehead atoms. The van der Waals surface area contributed by atoms with E-state index >= 15 is 0 Å². The number of alkyl carbamates (subject to hydrolysis) is 1. The number of nitrogens with one attached hydrogen (secondary N) is 1. The van der Waals surface area contributed by atoms with Gasteiger partial charge in [-0.25, -0.2) is 9.59 Å². The minimum absolute atomic E-state index is 0.00649. The average Bonchev–Trinajstić information content (AvgIpc) is 3.02. The van der Waals surface area contributed by atoms with E-state index in [9.17, 15) is 19.6 Å². The van der Waals surface area contributed by atoms with Crippen molar-refractivity contribution in [1.82, 2.24) is 5.32 Å². The van der Waals surface area contributed by atoms with Gasteiger partial charge in [0.05, 0.1) is 7.11 Å². The number of rotatable bonds is 13. The van der Waals surface area contributed by atoms with Gasteiger partial charge in [0.25, 0.3) is 0 Å². The summed E-state index contributed by atoms with van der Waals surface area (Å²) in [5, 5.41) is 22.7. The van der Waals surface area contributed by atoms with E-state index in [1.165, 1.54) is 6.07 Å². The fraction of sp³-hybridized carbons (Fsp3) is 0.188. The number of amides is 1. The van der Waals surface area contributed by atoms with Crippen LogP contribution < -0.4 is 20.3 Å². The standard InChI is InChI=1S/C32H32BNO8/c1-39-27-15-12-25(13-16-27)20-40-30-17-14-26(18-28(30)33(37)38)19-29(31(35)41-21-23-8-4-2-5-9-23)34-32(36)42-22-24-10-6-3-7-11-24/h2-18,29,37-38H,19-22H2,1H3,(H,34,36)/t29-/m0/s1. The Labute approximate surface area is 244 Å². The highest BCUT2D eigenvalue weighted by atomic mass is 16.6. The molecule has 0 saturated carbocycles. The fourth-order valence-electron chi connectivity index (χ4n) is 4.11. The molecule has 4 rings (SSSR count). The third-order valence-electron chi connectivity index (χ3n) is 6.36. The largest absolute Gasteiger partial charge is 0.497 e. The predicted molar refractivity (Wildman–Crippen MR) is 157 cm³/mol. The summed E-state index contributed by atoms with van der Waals surface area (Å²) in [7, 11) is -0.248. The summed E-state index contributed by atoms with van der Waals surface area (Å²) < 4.78 is 21.8. The molecule has 0 unspecified atom stereocenters. The number of hydrogen-bond donors (Lipinski definition) is 3. The molecule has 0 aromatic heterocycles. The maximum Gasteiger partial charge on any atom is 0.492 e. The van der Waals surface area contributed by atoms with E-state index in [2.05, 4.69) is 5.32 Å². The molecule has 1 atom stereocenters. The van der Waals surface area contributed by atoms with Crippen molar-refractivity contribution in [2.24, 2.45) is 0 Å². The molecule has 0 heterocycles. The topological polar surface area (TPSA) is 124 Å². The number of hydrogen-bond acceptors (Lipinski definition) is 8. The Morgan fingerprint density at radius 2 is 1.31 bits per heavy atom. The first-order chi connectivity index (χ1) is 20.4. The van der Waals surface area contributed by atoms with Gasteiger partial charge in [0.2, 0.25) is 0 Å². The highest BCUT2D eigenvalue weighted by Crippen LogP contribution is 2.17. The second kappa shape index (κ2) is 15.3. The molecule has 4 aromatic carbocycles. The van der Waals surface area contributed by atoms with Gasteiger partial charge in [-0.1, -0.05) is 84.9 Å². The van der Waals surface area contributed by atoms with Crippen LogP contribution >= 0.6 is 0 Å². The van der Waals surface area contributed by atoms with Crippen molar-refractivity contribution in [1.29, 1.82) is 0 Å². The minimum atomic E-state index is -1.83. The SMILES string of the molecule is COc1ccc(COc2ccc(C[C@H](NC(=O)OCc3ccccc3)C(=O)OCc3ccccc3)cc2B(O)O)cc1. The second-order valence-electron chi connectivity index (χ2n) is 9.44. The lowest BCUT2D eigenvalue weighted by atomic mass is 9.78. The molecule has 4 aromatic rings. The lowest BCUT2D eigenvalue weighted by Gasteiger charge is -2.19. The van der Waals surface area contributed by atoms with Crippen LogP contribution in [0.4, 0.5) is 4.79 Å². The van der Waals surface area contributed by atoms with Gasteiger partial charge in [-0.15, -0.1) is 0 Å². The van der Waals surface area contributed by atoms with Crippen LogP contribution in [0.2, 0.25) is 0 Å². The monoisotopic (exact) mass is 569 g/mol. The molecule has 0 spiro atoms. The van der Waals surface area contributed by atoms with Gasteiger partial charge in [-0.05, 0) is 40.5 Å². The molecule has 10 heteroatoms. The van der Waals surface area contributed by atoms with Crippen molar-refractivity contribution >= 4 is 24.6 Å². The summed E-state index contributed by atoms with van der Waals surface area (Å²) in [6.07, 6.45) is -0.783. The molecule has 9 nitrogen and oxygen atoms in total. The zero-order valence-electron chi connectivity index (χ0n) is 23.1. The van der Waals surface area contributed by atoms with Crippen molar-refractivity contribution < 1.29 is 38.6 Å². The lowest BCUT2D eigenvalue weighted by molar-refractivity contribution is -0.147. The molecular formula is C32H32BNO8. The smallest absolute Gasteiger partial charge is 0.492 e. The van der Waals surface area contributed by atoms with E-state index in [0.717, 1.165) is 16.7 Å². The molecule has 0 aliphatic rings. The first-order valence-corrected chi connectivity index (χ1v) is 13.3. The van der Waals surface area contributed by atoms with Crippen molar-refractivity contribution in [2.75, 3.05) is 7.11 Å². The minimum Gasteiger partial charge on any atom is -0.497 e. The Kier molecular flexibility index (Phi) is 11.0. The number of carbonyl (C=O) groups is 2. The number of ether oxygens (including phenoxy) is 4. The van der Waals surface area contributed by atoms with Gasteiger partial charge < -0.3 is 34.3 Å². The quantitative estimate of drug-likeness (QED) is 0.165. The Hall–Kier alpha value is -4.80. The Balaban J connectivity index is 1.46. The van der Waals surface area contributed by atoms with E-state index in [1.807, 2.05) is 72.8 Å². The number of carbonyl (C=O) groups excluding carboxylic acids is 2. The molecule has 216 valence electrons. The Morgan fingerprint density at radius 1 is 0.738 bits per heavy atom. The molecule has 0 fully saturated rings. The van der Waals surface area contributed by atoms with E-state index in [-0.39, 0.29) is 37.5 Å². The van der Waals surface area contributed by atoms with E-state index < -0.39 is 25.2 Å². The predicted octanol–water partition coefficient (Wildman–Crippen LogP) is 3.53. The molecule has 3 N–H and O–H groups in total. The van der Waals surface area contributed by atoms with Crippen molar-refractivity contribution in [2.45, 2.75) is 32.3 Å². The average molecular weight is 569 g/mol. The number of methoxy groups -OCH3 is 1. The first-order valence-electron chi connectivity index (χ1n) is 13.3. The van der Waals surface area contributed by atoms with E-state index in [0.29, 0.717) is 11.3 Å². The van der Waals surface area contributed by atoms with Crippen LogP contribution in [0.3, 0.4) is 0 Å². The number of esters is 1. The Morgan fingerprint density at radius 3 is 1.90 bits per heavy atom. The summed E-state index contributed by atoms with van der Waals surface area (Å²) in [6.45, 7) is 0.238. The zero-order valence-corrected chi connectivity index (χ0v) is 23.1. The van der Waals surface area contributed by atoms with Crippen LogP contribution in [0.5, 0.6) is 11.5 Å². The Bertz CT molecular complexity index is 1430. The summed E-state index contributed by atoms with van der Waals surface area (Å²) in [5.74, 6) is 0.313. The van der Waals surface area contributed by atoms with Crippen LogP contribution in [-0.4, -0.2) is 42.4 Å². The van der Waals surface area contributed by atoms with Gasteiger partial charge in [0.1, 0.15) is 37.4 Å². The summed E-state index contributed by atoms with van der Waals surface area (Å²) in [5.41, 5.74) is 3.10. The van der Waals surface area contributed by atoms with Crippen LogP contribution in [0.25, 0.3) is 0 Å². The van der Waals surface area contributed by atoms with Crippen LogP contribution in [-0.2, 0) is 40.5 Å². The molecule has 0 aliphatic heterocycles. The maximum absolute atomic E-state index is 13.1. The van der Waals surface area contributed by atoms with Crippen molar-refractivity contribution in [3.63, 3.8) is 0 Å². The van der Waals surface area contributed by atoms with E-state index in [1.54, 1.807) is 31.4 Å². The van der Waals surface area contributed by atoms with Gasteiger partial charge >= 0.3 is 19.2 Å². The number of benzene rings is 4. The normalized spacial score (nSPS) is 11.2. The molecular weight excluding hydrogens is 537 g/mol. The molecule has 0 radical (unpaired) electrons. The summed E-state index contributed by atoms with van der Waals surface area (Å²) in [4.78, 5) is 25.7. The summed E-state index contributed by atoms with van der Waals surface area (Å²) in [6, 6.07) is 29.3. The van der Waals surface area contributed by atoms with Gasteiger partial charge in [-0.3, -0.25) is 0 Å². The first kappa shape index (κ1) is 30.2. The van der Waals surface area contributed by atoms with E-state index in [4.69, 9.17) is 18.9 Å². The van der Waals surface area contributed by atoms with Crippen LogP contribution in [0.1, 0.15) is 22.3 Å². The summed E-state index contributed by atoms with van der Waals surface area (Å²) >= 11 is 0. The van der Waals surface area contributed by atoms with Crippen LogP contribution in [0, 0.1) is 0 Å². The highest BCUT2D eigenvalue weighted by Gasteiger charge is 2.26. The fourth-order valence-corrected chi connectivity index (χ4v) is 4.11. The second-order valence-corrected chi connectivity index (χ2v) is 9.44. The zero-order chi connectivity index (χ0) is 29.7. The van der Waals surface area contributed by atoms with Crippen molar-refractivity contribution in [3.8, 4) is 11.5 Å². The van der Waals surface area contributed by atoms with Gasteiger partial charge in [0.15, 0.2) is 0 Å². The molecule has 1 amide bonds. The van der Waals surface area contributed by atoms with Gasteiger partial charge in [-0.2, -0.15) is 0 Å². The molecule has 42 heavy (non-hydrogen) atoms. The van der Waals surface area contributed by atoms with Crippen molar-refractivity contribution in [3.05, 3.63) is 125 Å². The maximum atomic E-state index is 13.1. The highest BCUT2D eigenvalue weighted by molar-refractivity contribution is 6.59.